The fourth-order valence-corrected chi connectivity index (χ4v) is 3.58. The van der Waals surface area contributed by atoms with E-state index < -0.39 is 11.2 Å². The Morgan fingerprint density at radius 2 is 1.69 bits per heavy atom. The van der Waals surface area contributed by atoms with Crippen LogP contribution in [0.1, 0.15) is 70.6 Å². The van der Waals surface area contributed by atoms with Crippen LogP contribution in [0.2, 0.25) is 0 Å². The molecule has 0 unspecified atom stereocenters. The van der Waals surface area contributed by atoms with E-state index >= 15 is 4.39 Å². The van der Waals surface area contributed by atoms with Gasteiger partial charge in [-0.05, 0) is 64.5 Å². The highest BCUT2D eigenvalue weighted by Crippen LogP contribution is 2.37. The number of benzene rings is 2. The summed E-state index contributed by atoms with van der Waals surface area (Å²) in [5.41, 5.74) is 1.72. The molecule has 0 aromatic heterocycles. The Morgan fingerprint density at radius 3 is 2.28 bits per heavy atom. The highest BCUT2D eigenvalue weighted by Gasteiger charge is 2.27. The average Bonchev–Trinajstić information content (AvgIpc) is 3.43. The van der Waals surface area contributed by atoms with E-state index in [0.717, 1.165) is 23.5 Å². The van der Waals surface area contributed by atoms with Gasteiger partial charge in [-0.3, -0.25) is 0 Å². The zero-order valence-corrected chi connectivity index (χ0v) is 18.1. The zero-order chi connectivity index (χ0) is 21.4. The lowest BCUT2D eigenvalue weighted by molar-refractivity contribution is 0.285. The second-order valence-corrected chi connectivity index (χ2v) is 10.0. The van der Waals surface area contributed by atoms with Crippen LogP contribution in [0.5, 0.6) is 11.5 Å². The molecule has 158 valence electrons. The molecule has 0 atom stereocenters. The fourth-order valence-electron chi connectivity index (χ4n) is 3.58. The first kappa shape index (κ1) is 21.6. The number of phenolic OH excluding ortho intramolecular Hbond substituents is 1. The molecule has 2 aromatic rings. The molecule has 0 amide bonds. The third kappa shape index (κ3) is 5.29. The van der Waals surface area contributed by atoms with Gasteiger partial charge in [0.15, 0.2) is 23.1 Å². The van der Waals surface area contributed by atoms with Crippen LogP contribution in [0.4, 0.5) is 8.78 Å². The summed E-state index contributed by atoms with van der Waals surface area (Å²) in [5, 5.41) is 9.76. The predicted octanol–water partition coefficient (Wildman–Crippen LogP) is 6.67. The Balaban J connectivity index is 1.91. The molecule has 0 spiro atoms. The standard InChI is InChI=1S/C25H32F2O2/c1-24(2,3)19-12-17(23(27)22(14-19)29-11-10-16-6-7-16)15-25(4,5)18-8-9-20(26)21(28)13-18/h8-9,12-14,16,28H,6-7,10-11,15H2,1-5H3. The number of aromatic hydroxyl groups is 1. The largest absolute Gasteiger partial charge is 0.505 e. The summed E-state index contributed by atoms with van der Waals surface area (Å²) in [6, 6.07) is 8.05. The number of rotatable bonds is 7. The van der Waals surface area contributed by atoms with Crippen LogP contribution >= 0.6 is 0 Å². The van der Waals surface area contributed by atoms with Crippen LogP contribution in [0, 0.1) is 17.6 Å². The van der Waals surface area contributed by atoms with Crippen molar-refractivity contribution >= 4 is 0 Å². The van der Waals surface area contributed by atoms with E-state index in [1.807, 2.05) is 26.0 Å². The third-order valence-electron chi connectivity index (χ3n) is 5.82. The summed E-state index contributed by atoms with van der Waals surface area (Å²) in [6.07, 6.45) is 3.87. The maximum Gasteiger partial charge on any atom is 0.168 e. The van der Waals surface area contributed by atoms with Gasteiger partial charge in [0.05, 0.1) is 6.61 Å². The first-order chi connectivity index (χ1) is 13.5. The first-order valence-corrected chi connectivity index (χ1v) is 10.4. The predicted molar refractivity (Wildman–Crippen MR) is 113 cm³/mol. The lowest BCUT2D eigenvalue weighted by Gasteiger charge is -2.28. The van der Waals surface area contributed by atoms with E-state index in [0.29, 0.717) is 24.3 Å². The van der Waals surface area contributed by atoms with Gasteiger partial charge in [-0.15, -0.1) is 0 Å². The third-order valence-corrected chi connectivity index (χ3v) is 5.82. The Labute approximate surface area is 172 Å². The van der Waals surface area contributed by atoms with Crippen molar-refractivity contribution in [3.05, 3.63) is 58.7 Å². The molecule has 0 saturated heterocycles. The number of halogens is 2. The Kier molecular flexibility index (Phi) is 5.93. The molecule has 1 aliphatic rings. The van der Waals surface area contributed by atoms with Gasteiger partial charge in [-0.1, -0.05) is 59.6 Å². The minimum Gasteiger partial charge on any atom is -0.505 e. The summed E-state index contributed by atoms with van der Waals surface area (Å²) >= 11 is 0. The van der Waals surface area contributed by atoms with Gasteiger partial charge in [-0.2, -0.15) is 0 Å². The van der Waals surface area contributed by atoms with Crippen LogP contribution in [0.3, 0.4) is 0 Å². The van der Waals surface area contributed by atoms with Gasteiger partial charge in [-0.25, -0.2) is 8.78 Å². The van der Waals surface area contributed by atoms with E-state index in [1.54, 1.807) is 6.07 Å². The van der Waals surface area contributed by atoms with E-state index in [1.165, 1.54) is 25.0 Å². The minimum atomic E-state index is -0.656. The minimum absolute atomic E-state index is 0.144. The van der Waals surface area contributed by atoms with Crippen LogP contribution in [0.25, 0.3) is 0 Å². The van der Waals surface area contributed by atoms with Crippen molar-refractivity contribution in [3.8, 4) is 11.5 Å². The maximum absolute atomic E-state index is 15.3. The summed E-state index contributed by atoms with van der Waals surface area (Å²) < 4.78 is 34.7. The first-order valence-electron chi connectivity index (χ1n) is 10.4. The van der Waals surface area contributed by atoms with Gasteiger partial charge in [0, 0.05) is 0 Å². The Bertz CT molecular complexity index is 877. The van der Waals surface area contributed by atoms with Gasteiger partial charge in [0.2, 0.25) is 0 Å². The van der Waals surface area contributed by atoms with Crippen LogP contribution in [-0.4, -0.2) is 11.7 Å². The summed E-state index contributed by atoms with van der Waals surface area (Å²) in [6.45, 7) is 10.8. The summed E-state index contributed by atoms with van der Waals surface area (Å²) in [7, 11) is 0. The Morgan fingerprint density at radius 1 is 1.00 bits per heavy atom. The molecule has 0 heterocycles. The molecule has 0 bridgehead atoms. The van der Waals surface area contributed by atoms with Crippen LogP contribution in [-0.2, 0) is 17.3 Å². The normalized spacial score (nSPS) is 14.9. The molecule has 3 rings (SSSR count). The smallest absolute Gasteiger partial charge is 0.168 e. The molecule has 1 fully saturated rings. The molecule has 2 nitrogen and oxygen atoms in total. The van der Waals surface area contributed by atoms with E-state index in [9.17, 15) is 9.50 Å². The molecule has 1 N–H and O–H groups in total. The molecular weight excluding hydrogens is 370 g/mol. The molecular formula is C25H32F2O2. The van der Waals surface area contributed by atoms with Gasteiger partial charge < -0.3 is 9.84 Å². The lowest BCUT2D eigenvalue weighted by Crippen LogP contribution is -2.22. The van der Waals surface area contributed by atoms with Crippen molar-refractivity contribution in [1.82, 2.24) is 0 Å². The number of phenols is 1. The second-order valence-electron chi connectivity index (χ2n) is 10.0. The lowest BCUT2D eigenvalue weighted by atomic mass is 9.77. The molecule has 0 aliphatic heterocycles. The zero-order valence-electron chi connectivity index (χ0n) is 18.1. The topological polar surface area (TPSA) is 29.5 Å². The molecule has 1 saturated carbocycles. The van der Waals surface area contributed by atoms with Crippen molar-refractivity contribution in [3.63, 3.8) is 0 Å². The van der Waals surface area contributed by atoms with E-state index in [4.69, 9.17) is 4.74 Å². The molecule has 2 aromatic carbocycles. The van der Waals surface area contributed by atoms with Crippen LogP contribution in [0.15, 0.2) is 30.3 Å². The van der Waals surface area contributed by atoms with Crippen molar-refractivity contribution in [2.45, 2.75) is 71.1 Å². The molecule has 29 heavy (non-hydrogen) atoms. The molecule has 4 heteroatoms. The quantitative estimate of drug-likeness (QED) is 0.561. The second kappa shape index (κ2) is 7.97. The van der Waals surface area contributed by atoms with Crippen molar-refractivity contribution in [2.24, 2.45) is 5.92 Å². The summed E-state index contributed by atoms with van der Waals surface area (Å²) in [5.74, 6) is -0.326. The maximum atomic E-state index is 15.3. The SMILES string of the molecule is CC(C)(C)c1cc(CC(C)(C)c2ccc(F)c(O)c2)c(F)c(OCCC2CC2)c1. The monoisotopic (exact) mass is 402 g/mol. The van der Waals surface area contributed by atoms with Crippen LogP contribution < -0.4 is 4.74 Å². The van der Waals surface area contributed by atoms with Crippen molar-refractivity contribution < 1.29 is 18.6 Å². The highest BCUT2D eigenvalue weighted by molar-refractivity contribution is 5.42. The fraction of sp³-hybridized carbons (Fsp3) is 0.520. The van der Waals surface area contributed by atoms with E-state index in [-0.39, 0.29) is 17.0 Å². The Hall–Kier alpha value is -2.10. The van der Waals surface area contributed by atoms with E-state index in [2.05, 4.69) is 20.8 Å². The number of hydrogen-bond acceptors (Lipinski definition) is 2. The molecule has 1 aliphatic carbocycles. The average molecular weight is 403 g/mol. The van der Waals surface area contributed by atoms with Crippen molar-refractivity contribution in [1.29, 1.82) is 0 Å². The number of ether oxygens (including phenoxy) is 1. The molecule has 0 radical (unpaired) electrons. The van der Waals surface area contributed by atoms with Gasteiger partial charge in [0.25, 0.3) is 0 Å². The summed E-state index contributed by atoms with van der Waals surface area (Å²) in [4.78, 5) is 0. The van der Waals surface area contributed by atoms with Crippen molar-refractivity contribution in [2.75, 3.05) is 6.61 Å². The number of hydrogen-bond donors (Lipinski definition) is 1. The van der Waals surface area contributed by atoms with Gasteiger partial charge >= 0.3 is 0 Å². The highest BCUT2D eigenvalue weighted by atomic mass is 19.1. The van der Waals surface area contributed by atoms with Gasteiger partial charge in [0.1, 0.15) is 0 Å².